The van der Waals surface area contributed by atoms with Gasteiger partial charge in [-0.2, -0.15) is 0 Å². The standard InChI is InChI=1S/C14H16N2O2/c1-15-14(17,13-8-3-4-9-16-13)11-6-5-7-12(10-11)18-2/h3-10,15,17H,1-2H3. The molecule has 2 aromatic rings. The summed E-state index contributed by atoms with van der Waals surface area (Å²) in [5.41, 5.74) is -0.0979. The molecule has 1 unspecified atom stereocenters. The van der Waals surface area contributed by atoms with Crippen LogP contribution in [0.3, 0.4) is 0 Å². The molecule has 0 fully saturated rings. The predicted octanol–water partition coefficient (Wildman–Crippen LogP) is 1.50. The lowest BCUT2D eigenvalue weighted by Crippen LogP contribution is -2.41. The van der Waals surface area contributed by atoms with E-state index in [2.05, 4.69) is 10.3 Å². The Morgan fingerprint density at radius 2 is 2.06 bits per heavy atom. The summed E-state index contributed by atoms with van der Waals surface area (Å²) in [4.78, 5) is 4.20. The average molecular weight is 244 g/mol. The minimum atomic E-state index is -1.32. The van der Waals surface area contributed by atoms with Crippen LogP contribution < -0.4 is 10.1 Å². The maximum absolute atomic E-state index is 10.8. The van der Waals surface area contributed by atoms with Crippen LogP contribution in [0.2, 0.25) is 0 Å². The van der Waals surface area contributed by atoms with Crippen LogP contribution >= 0.6 is 0 Å². The smallest absolute Gasteiger partial charge is 0.185 e. The number of methoxy groups -OCH3 is 1. The fraction of sp³-hybridized carbons (Fsp3) is 0.214. The van der Waals surface area contributed by atoms with Gasteiger partial charge in [0.05, 0.1) is 12.8 Å². The lowest BCUT2D eigenvalue weighted by molar-refractivity contribution is 0.0469. The minimum Gasteiger partial charge on any atom is -0.497 e. The Kier molecular flexibility index (Phi) is 3.60. The van der Waals surface area contributed by atoms with E-state index in [0.29, 0.717) is 17.0 Å². The van der Waals surface area contributed by atoms with Gasteiger partial charge in [-0.1, -0.05) is 18.2 Å². The average Bonchev–Trinajstić information content (AvgIpc) is 2.47. The van der Waals surface area contributed by atoms with E-state index in [1.165, 1.54) is 0 Å². The van der Waals surface area contributed by atoms with E-state index in [9.17, 15) is 5.11 Å². The van der Waals surface area contributed by atoms with Gasteiger partial charge < -0.3 is 9.84 Å². The number of hydrogen-bond donors (Lipinski definition) is 2. The molecule has 4 heteroatoms. The molecule has 0 bridgehead atoms. The van der Waals surface area contributed by atoms with E-state index in [4.69, 9.17) is 4.74 Å². The van der Waals surface area contributed by atoms with Crippen molar-refractivity contribution in [1.29, 1.82) is 0 Å². The number of nitrogens with one attached hydrogen (secondary N) is 1. The number of aliphatic hydroxyl groups is 1. The summed E-state index contributed by atoms with van der Waals surface area (Å²) in [7, 11) is 3.28. The second-order valence-electron chi connectivity index (χ2n) is 3.91. The van der Waals surface area contributed by atoms with Crippen molar-refractivity contribution < 1.29 is 9.84 Å². The van der Waals surface area contributed by atoms with Gasteiger partial charge in [-0.3, -0.25) is 10.3 Å². The first-order valence-electron chi connectivity index (χ1n) is 5.68. The van der Waals surface area contributed by atoms with Gasteiger partial charge in [-0.05, 0) is 31.3 Å². The van der Waals surface area contributed by atoms with Crippen molar-refractivity contribution in [2.45, 2.75) is 5.72 Å². The summed E-state index contributed by atoms with van der Waals surface area (Å²) in [5.74, 6) is 0.692. The van der Waals surface area contributed by atoms with E-state index in [1.807, 2.05) is 30.3 Å². The van der Waals surface area contributed by atoms with Gasteiger partial charge in [0.1, 0.15) is 5.75 Å². The van der Waals surface area contributed by atoms with E-state index >= 15 is 0 Å². The fourth-order valence-electron chi connectivity index (χ4n) is 1.85. The van der Waals surface area contributed by atoms with Crippen LogP contribution in [0.25, 0.3) is 0 Å². The number of ether oxygens (including phenoxy) is 1. The zero-order chi connectivity index (χ0) is 13.0. The maximum Gasteiger partial charge on any atom is 0.185 e. The van der Waals surface area contributed by atoms with E-state index in [-0.39, 0.29) is 0 Å². The summed E-state index contributed by atoms with van der Waals surface area (Å²) in [6, 6.07) is 12.7. The zero-order valence-electron chi connectivity index (χ0n) is 10.4. The number of nitrogens with zero attached hydrogens (tertiary/aromatic N) is 1. The van der Waals surface area contributed by atoms with Crippen molar-refractivity contribution >= 4 is 0 Å². The number of aromatic nitrogens is 1. The SMILES string of the molecule is CNC(O)(c1cccc(OC)c1)c1ccccn1. The molecule has 0 amide bonds. The van der Waals surface area contributed by atoms with Crippen LogP contribution in [0.5, 0.6) is 5.75 Å². The van der Waals surface area contributed by atoms with Gasteiger partial charge in [-0.15, -0.1) is 0 Å². The van der Waals surface area contributed by atoms with Crippen LogP contribution in [0.4, 0.5) is 0 Å². The predicted molar refractivity (Wildman–Crippen MR) is 69.3 cm³/mol. The molecule has 0 saturated carbocycles. The molecular formula is C14H16N2O2. The van der Waals surface area contributed by atoms with Crippen LogP contribution in [-0.2, 0) is 5.72 Å². The van der Waals surface area contributed by atoms with E-state index in [1.54, 1.807) is 32.5 Å². The van der Waals surface area contributed by atoms with E-state index in [0.717, 1.165) is 0 Å². The fourth-order valence-corrected chi connectivity index (χ4v) is 1.85. The van der Waals surface area contributed by atoms with Crippen LogP contribution in [0.15, 0.2) is 48.7 Å². The van der Waals surface area contributed by atoms with Crippen molar-refractivity contribution in [1.82, 2.24) is 10.3 Å². The first kappa shape index (κ1) is 12.5. The summed E-state index contributed by atoms with van der Waals surface area (Å²) in [6.45, 7) is 0. The minimum absolute atomic E-state index is 0.542. The second-order valence-corrected chi connectivity index (χ2v) is 3.91. The number of rotatable bonds is 4. The number of pyridine rings is 1. The Morgan fingerprint density at radius 3 is 2.67 bits per heavy atom. The van der Waals surface area contributed by atoms with Crippen LogP contribution in [0.1, 0.15) is 11.3 Å². The topological polar surface area (TPSA) is 54.4 Å². The van der Waals surface area contributed by atoms with Gasteiger partial charge >= 0.3 is 0 Å². The van der Waals surface area contributed by atoms with Crippen molar-refractivity contribution in [3.8, 4) is 5.75 Å². The van der Waals surface area contributed by atoms with Crippen molar-refractivity contribution in [2.24, 2.45) is 0 Å². The van der Waals surface area contributed by atoms with Gasteiger partial charge in [0.25, 0.3) is 0 Å². The molecule has 2 rings (SSSR count). The molecule has 1 aromatic carbocycles. The van der Waals surface area contributed by atoms with Gasteiger partial charge in [0, 0.05) is 11.8 Å². The Hall–Kier alpha value is -1.91. The lowest BCUT2D eigenvalue weighted by atomic mass is 9.98. The first-order valence-corrected chi connectivity index (χ1v) is 5.68. The highest BCUT2D eigenvalue weighted by Gasteiger charge is 2.31. The quantitative estimate of drug-likeness (QED) is 0.800. The number of hydrogen-bond acceptors (Lipinski definition) is 4. The van der Waals surface area contributed by atoms with Gasteiger partial charge in [0.15, 0.2) is 5.72 Å². The highest BCUT2D eigenvalue weighted by atomic mass is 16.5. The number of benzene rings is 1. The normalized spacial score (nSPS) is 13.9. The largest absolute Gasteiger partial charge is 0.497 e. The highest BCUT2D eigenvalue weighted by molar-refractivity contribution is 5.36. The summed E-state index contributed by atoms with van der Waals surface area (Å²) >= 11 is 0. The third-order valence-electron chi connectivity index (χ3n) is 2.88. The third kappa shape index (κ3) is 2.20. The molecule has 0 aliphatic carbocycles. The highest BCUT2D eigenvalue weighted by Crippen LogP contribution is 2.27. The molecule has 4 nitrogen and oxygen atoms in total. The van der Waals surface area contributed by atoms with Crippen LogP contribution in [-0.4, -0.2) is 24.2 Å². The summed E-state index contributed by atoms with van der Waals surface area (Å²) < 4.78 is 5.17. The second kappa shape index (κ2) is 5.16. The molecule has 1 atom stereocenters. The summed E-state index contributed by atoms with van der Waals surface area (Å²) in [5, 5.41) is 13.7. The molecule has 94 valence electrons. The monoisotopic (exact) mass is 244 g/mol. The molecule has 0 aliphatic heterocycles. The van der Waals surface area contributed by atoms with Crippen molar-refractivity contribution in [3.63, 3.8) is 0 Å². The van der Waals surface area contributed by atoms with Gasteiger partial charge in [-0.25, -0.2) is 0 Å². The molecule has 1 heterocycles. The van der Waals surface area contributed by atoms with E-state index < -0.39 is 5.72 Å². The molecule has 18 heavy (non-hydrogen) atoms. The molecule has 0 spiro atoms. The first-order chi connectivity index (χ1) is 8.70. The Balaban J connectivity index is 2.49. The maximum atomic E-state index is 10.8. The Labute approximate surface area is 106 Å². The third-order valence-corrected chi connectivity index (χ3v) is 2.88. The lowest BCUT2D eigenvalue weighted by Gasteiger charge is -2.27. The van der Waals surface area contributed by atoms with Crippen molar-refractivity contribution in [2.75, 3.05) is 14.2 Å². The molecule has 0 saturated heterocycles. The Morgan fingerprint density at radius 1 is 1.22 bits per heavy atom. The molecule has 0 aliphatic rings. The molecular weight excluding hydrogens is 228 g/mol. The zero-order valence-corrected chi connectivity index (χ0v) is 10.4. The van der Waals surface area contributed by atoms with Crippen molar-refractivity contribution in [3.05, 3.63) is 59.9 Å². The molecule has 1 aromatic heterocycles. The Bertz CT molecular complexity index is 516. The van der Waals surface area contributed by atoms with Crippen LogP contribution in [0, 0.1) is 0 Å². The summed E-state index contributed by atoms with van der Waals surface area (Å²) in [6.07, 6.45) is 1.65. The molecule has 0 radical (unpaired) electrons. The molecule has 2 N–H and O–H groups in total. The van der Waals surface area contributed by atoms with Gasteiger partial charge in [0.2, 0.25) is 0 Å².